The van der Waals surface area contributed by atoms with E-state index >= 15 is 0 Å². The fraction of sp³-hybridized carbons (Fsp3) is 0.444. The van der Waals surface area contributed by atoms with Crippen molar-refractivity contribution in [2.24, 2.45) is 7.05 Å². The van der Waals surface area contributed by atoms with E-state index in [0.29, 0.717) is 28.5 Å². The van der Waals surface area contributed by atoms with Crippen LogP contribution in [0.3, 0.4) is 0 Å². The van der Waals surface area contributed by atoms with Gasteiger partial charge in [0.2, 0.25) is 5.88 Å². The van der Waals surface area contributed by atoms with E-state index in [9.17, 15) is 17.6 Å². The molecule has 4 rings (SSSR count). The van der Waals surface area contributed by atoms with Crippen LogP contribution in [0.1, 0.15) is 12.8 Å². The van der Waals surface area contributed by atoms with Crippen molar-refractivity contribution in [2.45, 2.75) is 31.3 Å². The number of hydrogen-bond donors (Lipinski definition) is 2. The Morgan fingerprint density at radius 1 is 1.31 bits per heavy atom. The van der Waals surface area contributed by atoms with E-state index in [2.05, 4.69) is 20.5 Å². The number of carbonyl (C=O) groups is 1. The van der Waals surface area contributed by atoms with Gasteiger partial charge in [0.25, 0.3) is 0 Å². The van der Waals surface area contributed by atoms with Gasteiger partial charge in [-0.2, -0.15) is 23.4 Å². The third kappa shape index (κ3) is 5.65. The quantitative estimate of drug-likeness (QED) is 0.557. The number of nitrogens with one attached hydrogen (secondary N) is 1. The van der Waals surface area contributed by atoms with Crippen LogP contribution in [-0.4, -0.2) is 67.0 Å². The molecule has 2 N–H and O–H groups in total. The monoisotopic (exact) mass is 478 g/mol. The highest BCUT2D eigenvalue weighted by atomic mass is 35.5. The highest BCUT2D eigenvalue weighted by Gasteiger charge is 2.38. The second kappa shape index (κ2) is 9.69. The lowest BCUT2D eigenvalue weighted by molar-refractivity contribution is -0.192. The molecule has 1 aliphatic rings. The van der Waals surface area contributed by atoms with Crippen LogP contribution in [0.2, 0.25) is 5.02 Å². The molecule has 3 aromatic rings. The average Bonchev–Trinajstić information content (AvgIpc) is 3.26. The zero-order chi connectivity index (χ0) is 23.5. The van der Waals surface area contributed by atoms with Crippen LogP contribution in [0.25, 0.3) is 16.8 Å². The molecule has 3 aromatic heterocycles. The highest BCUT2D eigenvalue weighted by Crippen LogP contribution is 2.30. The molecule has 0 spiro atoms. The number of aromatic nitrogens is 5. The van der Waals surface area contributed by atoms with Gasteiger partial charge in [0.15, 0.2) is 0 Å². The van der Waals surface area contributed by atoms with Crippen molar-refractivity contribution in [3.63, 3.8) is 0 Å². The first kappa shape index (κ1) is 23.7. The lowest BCUT2D eigenvalue weighted by Gasteiger charge is -2.20. The number of fused-ring (bicyclic) bond motifs is 1. The number of carboxylic acids is 1. The number of carboxylic acid groups (broad SMARTS) is 1. The molecule has 0 saturated carbocycles. The van der Waals surface area contributed by atoms with Crippen LogP contribution in [0.5, 0.6) is 5.88 Å². The smallest absolute Gasteiger partial charge is 0.475 e. The number of aryl methyl sites for hydroxylation is 1. The summed E-state index contributed by atoms with van der Waals surface area (Å²) in [5.74, 6) is -2.47. The zero-order valence-corrected chi connectivity index (χ0v) is 17.4. The first-order valence-corrected chi connectivity index (χ1v) is 9.78. The van der Waals surface area contributed by atoms with E-state index < -0.39 is 24.4 Å². The maximum Gasteiger partial charge on any atom is 0.490 e. The van der Waals surface area contributed by atoms with Gasteiger partial charge in [-0.05, 0) is 19.4 Å². The Bertz CT molecular complexity index is 1090. The van der Waals surface area contributed by atoms with Gasteiger partial charge in [-0.3, -0.25) is 4.68 Å². The van der Waals surface area contributed by atoms with Gasteiger partial charge in [0.05, 0.1) is 29.3 Å². The van der Waals surface area contributed by atoms with Crippen LogP contribution in [-0.2, 0) is 11.8 Å². The second-order valence-corrected chi connectivity index (χ2v) is 7.35. The van der Waals surface area contributed by atoms with E-state index in [1.54, 1.807) is 21.6 Å². The molecule has 0 aliphatic carbocycles. The molecule has 2 atom stereocenters. The van der Waals surface area contributed by atoms with Crippen molar-refractivity contribution in [1.29, 1.82) is 0 Å². The highest BCUT2D eigenvalue weighted by molar-refractivity contribution is 6.34. The van der Waals surface area contributed by atoms with Crippen molar-refractivity contribution in [3.05, 3.63) is 29.8 Å². The summed E-state index contributed by atoms with van der Waals surface area (Å²) in [6.07, 6.45) is 1.54. The number of alkyl halides is 4. The summed E-state index contributed by atoms with van der Waals surface area (Å²) in [6.45, 7) is 1.06. The summed E-state index contributed by atoms with van der Waals surface area (Å²) in [7, 11) is 1.83. The van der Waals surface area contributed by atoms with Gasteiger partial charge in [-0.1, -0.05) is 11.6 Å². The third-order valence-corrected chi connectivity index (χ3v) is 4.79. The van der Waals surface area contributed by atoms with Crippen LogP contribution in [0.15, 0.2) is 24.8 Å². The molecule has 1 aliphatic heterocycles. The molecular formula is C18H19ClF4N6O3. The van der Waals surface area contributed by atoms with Crippen LogP contribution in [0, 0.1) is 0 Å². The molecule has 0 aromatic carbocycles. The number of aliphatic carboxylic acids is 1. The SMILES string of the molecule is Cn1cc(-c2cn3ncc(Cl)c3c(O[C@H]3CCCNC[C@H]3F)n2)cn1.O=C(O)C(F)(F)F. The van der Waals surface area contributed by atoms with E-state index in [1.807, 2.05) is 13.2 Å². The van der Waals surface area contributed by atoms with Crippen molar-refractivity contribution in [3.8, 4) is 17.1 Å². The Morgan fingerprint density at radius 2 is 2.03 bits per heavy atom. The van der Waals surface area contributed by atoms with E-state index in [0.717, 1.165) is 18.5 Å². The number of nitrogens with zero attached hydrogens (tertiary/aromatic N) is 5. The van der Waals surface area contributed by atoms with Crippen molar-refractivity contribution in [2.75, 3.05) is 13.1 Å². The number of hydrogen-bond acceptors (Lipinski definition) is 6. The minimum Gasteiger partial charge on any atom is -0.475 e. The van der Waals surface area contributed by atoms with Crippen molar-refractivity contribution >= 4 is 23.1 Å². The first-order valence-electron chi connectivity index (χ1n) is 9.40. The lowest BCUT2D eigenvalue weighted by Crippen LogP contribution is -2.33. The van der Waals surface area contributed by atoms with Gasteiger partial charge in [-0.25, -0.2) is 18.7 Å². The lowest BCUT2D eigenvalue weighted by atomic mass is 10.1. The van der Waals surface area contributed by atoms with E-state index in [1.165, 1.54) is 6.20 Å². The summed E-state index contributed by atoms with van der Waals surface area (Å²) in [5.41, 5.74) is 2.00. The van der Waals surface area contributed by atoms with Crippen molar-refractivity contribution in [1.82, 2.24) is 29.7 Å². The minimum atomic E-state index is -5.08. The first-order chi connectivity index (χ1) is 15.1. The summed E-state index contributed by atoms with van der Waals surface area (Å²) < 4.78 is 55.4. The number of rotatable bonds is 3. The van der Waals surface area contributed by atoms with Crippen molar-refractivity contribution < 1.29 is 32.2 Å². The largest absolute Gasteiger partial charge is 0.490 e. The predicted octanol–water partition coefficient (Wildman–Crippen LogP) is 2.89. The van der Waals surface area contributed by atoms with E-state index in [4.69, 9.17) is 26.2 Å². The van der Waals surface area contributed by atoms with Gasteiger partial charge in [0, 0.05) is 25.4 Å². The fourth-order valence-corrected chi connectivity index (χ4v) is 3.19. The molecule has 32 heavy (non-hydrogen) atoms. The molecular weight excluding hydrogens is 460 g/mol. The fourth-order valence-electron chi connectivity index (χ4n) is 2.98. The molecule has 14 heteroatoms. The Morgan fingerprint density at radius 3 is 2.66 bits per heavy atom. The average molecular weight is 479 g/mol. The summed E-state index contributed by atoms with van der Waals surface area (Å²) in [6, 6.07) is 0. The Labute approximate surface area is 183 Å². The van der Waals surface area contributed by atoms with E-state index in [-0.39, 0.29) is 6.54 Å². The van der Waals surface area contributed by atoms with Crippen LogP contribution >= 0.6 is 11.6 Å². The molecule has 1 fully saturated rings. The molecule has 0 amide bonds. The van der Waals surface area contributed by atoms with Gasteiger partial charge in [0.1, 0.15) is 17.8 Å². The second-order valence-electron chi connectivity index (χ2n) is 6.94. The number of halogens is 5. The van der Waals surface area contributed by atoms with Gasteiger partial charge >= 0.3 is 12.1 Å². The molecule has 9 nitrogen and oxygen atoms in total. The predicted molar refractivity (Wildman–Crippen MR) is 105 cm³/mol. The summed E-state index contributed by atoms with van der Waals surface area (Å²) in [5, 5.41) is 19.0. The number of ether oxygens (including phenoxy) is 1. The maximum absolute atomic E-state index is 14.4. The van der Waals surface area contributed by atoms with Gasteiger partial charge < -0.3 is 15.2 Å². The topological polar surface area (TPSA) is 107 Å². The molecule has 0 radical (unpaired) electrons. The standard InChI is InChI=1S/C16H18ClFN6O.C2HF3O2/c1-23-8-10(5-20-23)13-9-24-15(11(17)6-21-24)16(22-13)25-14-3-2-4-19-7-12(14)18;3-2(4,5)1(6)7/h5-6,8-9,12,14,19H,2-4,7H2,1H3;(H,6,7)/t12-,14+;/m1./s1. The normalized spacial score (nSPS) is 19.2. The minimum absolute atomic E-state index is 0.274. The molecule has 1 saturated heterocycles. The summed E-state index contributed by atoms with van der Waals surface area (Å²) in [4.78, 5) is 13.5. The Hall–Kier alpha value is -2.93. The third-order valence-electron chi connectivity index (χ3n) is 4.51. The molecule has 0 bridgehead atoms. The maximum atomic E-state index is 14.4. The molecule has 174 valence electrons. The Balaban J connectivity index is 0.000000360. The zero-order valence-electron chi connectivity index (χ0n) is 16.7. The van der Waals surface area contributed by atoms with Crippen LogP contribution in [0.4, 0.5) is 17.6 Å². The summed E-state index contributed by atoms with van der Waals surface area (Å²) >= 11 is 6.24. The molecule has 4 heterocycles. The Kier molecular flexibility index (Phi) is 7.19. The van der Waals surface area contributed by atoms with Gasteiger partial charge in [-0.15, -0.1) is 0 Å². The molecule has 0 unspecified atom stereocenters. The van der Waals surface area contributed by atoms with Crippen LogP contribution < -0.4 is 10.1 Å².